The average molecular weight is 458 g/mol. The smallest absolute Gasteiger partial charge is 0.329 e. The van der Waals surface area contributed by atoms with Crippen LogP contribution in [0.2, 0.25) is 0 Å². The quantitative estimate of drug-likeness (QED) is 0.299. The maximum absolute atomic E-state index is 13.3. The first kappa shape index (κ1) is 22.1. The number of hydrogen-bond acceptors (Lipinski definition) is 6. The molecule has 3 aromatic carbocycles. The van der Waals surface area contributed by atoms with Gasteiger partial charge in [0, 0.05) is 49.6 Å². The van der Waals surface area contributed by atoms with Gasteiger partial charge in [-0.25, -0.2) is 4.79 Å². The van der Waals surface area contributed by atoms with Gasteiger partial charge in [0.25, 0.3) is 5.69 Å². The fourth-order valence-corrected chi connectivity index (χ4v) is 4.94. The van der Waals surface area contributed by atoms with Crippen molar-refractivity contribution in [1.82, 2.24) is 4.90 Å². The number of hydrogen-bond donors (Lipinski definition) is 0. The van der Waals surface area contributed by atoms with E-state index in [1.54, 1.807) is 12.1 Å². The lowest BCUT2D eigenvalue weighted by molar-refractivity contribution is -0.384. The normalized spacial score (nSPS) is 18.5. The number of nitro groups is 1. The molecule has 1 atom stereocenters. The van der Waals surface area contributed by atoms with Gasteiger partial charge < -0.3 is 9.64 Å². The number of piperidine rings is 1. The molecule has 0 aliphatic carbocycles. The minimum absolute atomic E-state index is 0.113. The highest BCUT2D eigenvalue weighted by molar-refractivity contribution is 5.88. The molecule has 0 aromatic heterocycles. The van der Waals surface area contributed by atoms with E-state index < -0.39 is 0 Å². The Hall–Kier alpha value is -3.71. The van der Waals surface area contributed by atoms with E-state index in [2.05, 4.69) is 21.9 Å². The molecule has 174 valence electrons. The van der Waals surface area contributed by atoms with Crippen molar-refractivity contribution in [2.24, 2.45) is 0 Å². The number of anilines is 2. The molecule has 0 spiro atoms. The molecule has 5 rings (SSSR count). The van der Waals surface area contributed by atoms with Gasteiger partial charge >= 0.3 is 5.97 Å². The minimum atomic E-state index is -0.373. The number of para-hydroxylation sites is 2. The topological polar surface area (TPSA) is 75.9 Å². The van der Waals surface area contributed by atoms with E-state index in [0.717, 1.165) is 48.4 Å². The van der Waals surface area contributed by atoms with Crippen LogP contribution in [0.4, 0.5) is 17.1 Å². The van der Waals surface area contributed by atoms with Crippen LogP contribution in [0.1, 0.15) is 24.0 Å². The summed E-state index contributed by atoms with van der Waals surface area (Å²) in [5.74, 6) is -0.183. The number of rotatable bonds is 6. The molecule has 2 aliphatic heterocycles. The number of ether oxygens (including phenoxy) is 1. The van der Waals surface area contributed by atoms with Gasteiger partial charge in [0.05, 0.1) is 4.92 Å². The summed E-state index contributed by atoms with van der Waals surface area (Å²) in [5.41, 5.74) is 4.23. The fourth-order valence-electron chi connectivity index (χ4n) is 4.94. The van der Waals surface area contributed by atoms with Crippen LogP contribution in [0.3, 0.4) is 0 Å². The number of benzene rings is 3. The van der Waals surface area contributed by atoms with Crippen LogP contribution in [0.25, 0.3) is 0 Å². The van der Waals surface area contributed by atoms with Crippen molar-refractivity contribution < 1.29 is 14.5 Å². The molecule has 1 unspecified atom stereocenters. The molecule has 0 bridgehead atoms. The second-order valence-electron chi connectivity index (χ2n) is 8.89. The molecule has 7 nitrogen and oxygen atoms in total. The molecule has 34 heavy (non-hydrogen) atoms. The zero-order valence-electron chi connectivity index (χ0n) is 18.9. The van der Waals surface area contributed by atoms with Crippen molar-refractivity contribution in [1.29, 1.82) is 0 Å². The third-order valence-corrected chi connectivity index (χ3v) is 6.63. The van der Waals surface area contributed by atoms with Crippen LogP contribution in [0, 0.1) is 10.1 Å². The summed E-state index contributed by atoms with van der Waals surface area (Å²) in [7, 11) is 0. The van der Waals surface area contributed by atoms with Gasteiger partial charge in [-0.15, -0.1) is 0 Å². The Labute approximate surface area is 198 Å². The van der Waals surface area contributed by atoms with E-state index in [1.807, 2.05) is 48.5 Å². The van der Waals surface area contributed by atoms with Crippen molar-refractivity contribution in [2.45, 2.75) is 38.0 Å². The van der Waals surface area contributed by atoms with Gasteiger partial charge in [-0.3, -0.25) is 15.0 Å². The summed E-state index contributed by atoms with van der Waals surface area (Å²) in [6.45, 7) is 2.23. The van der Waals surface area contributed by atoms with Gasteiger partial charge in [0.15, 0.2) is 0 Å². The van der Waals surface area contributed by atoms with Gasteiger partial charge in [0.1, 0.15) is 12.1 Å². The first-order valence-corrected chi connectivity index (χ1v) is 11.7. The Morgan fingerprint density at radius 1 is 0.971 bits per heavy atom. The van der Waals surface area contributed by atoms with Crippen molar-refractivity contribution in [2.75, 3.05) is 18.0 Å². The Kier molecular flexibility index (Phi) is 6.27. The molecule has 0 saturated carbocycles. The summed E-state index contributed by atoms with van der Waals surface area (Å²) in [6, 6.07) is 24.5. The lowest BCUT2D eigenvalue weighted by Gasteiger charge is -2.33. The van der Waals surface area contributed by atoms with Crippen molar-refractivity contribution >= 4 is 23.0 Å². The molecule has 7 heteroatoms. The average Bonchev–Trinajstić information content (AvgIpc) is 3.26. The Bertz CT molecular complexity index is 1180. The zero-order chi connectivity index (χ0) is 23.5. The lowest BCUT2D eigenvalue weighted by Crippen LogP contribution is -2.42. The van der Waals surface area contributed by atoms with E-state index in [-0.39, 0.29) is 28.7 Å². The monoisotopic (exact) mass is 457 g/mol. The highest BCUT2D eigenvalue weighted by atomic mass is 16.6. The third kappa shape index (κ3) is 4.65. The zero-order valence-corrected chi connectivity index (χ0v) is 18.9. The van der Waals surface area contributed by atoms with Crippen molar-refractivity contribution in [3.05, 3.63) is 100 Å². The molecule has 1 saturated heterocycles. The van der Waals surface area contributed by atoms with Crippen LogP contribution >= 0.6 is 0 Å². The SMILES string of the molecule is O=C(OC1CCN(Cc2cccc([N+](=O)[O-])c2)CC1)C1Cc2ccccc2N1c1ccccc1. The second kappa shape index (κ2) is 9.65. The molecular weight excluding hydrogens is 430 g/mol. The van der Waals surface area contributed by atoms with E-state index in [4.69, 9.17) is 4.74 Å². The number of esters is 1. The van der Waals surface area contributed by atoms with E-state index in [0.29, 0.717) is 13.0 Å². The van der Waals surface area contributed by atoms with Gasteiger partial charge in [-0.05, 0) is 42.2 Å². The lowest BCUT2D eigenvalue weighted by atomic mass is 10.1. The summed E-state index contributed by atoms with van der Waals surface area (Å²) in [5, 5.41) is 11.0. The molecule has 1 fully saturated rings. The summed E-state index contributed by atoms with van der Waals surface area (Å²) < 4.78 is 6.01. The van der Waals surface area contributed by atoms with Gasteiger partial charge in [-0.2, -0.15) is 0 Å². The minimum Gasteiger partial charge on any atom is -0.461 e. The van der Waals surface area contributed by atoms with Crippen LogP contribution in [0.5, 0.6) is 0 Å². The summed E-state index contributed by atoms with van der Waals surface area (Å²) in [4.78, 5) is 28.3. The molecule has 0 radical (unpaired) electrons. The standard InChI is InChI=1S/C27H27N3O4/c31-27(26-18-21-8-4-5-12-25(21)29(26)22-9-2-1-3-10-22)34-24-13-15-28(16-14-24)19-20-7-6-11-23(17-20)30(32)33/h1-12,17,24,26H,13-16,18-19H2. The Balaban J connectivity index is 1.21. The van der Waals surface area contributed by atoms with E-state index in [1.165, 1.54) is 6.07 Å². The number of nitrogens with zero attached hydrogens (tertiary/aromatic N) is 3. The number of carbonyl (C=O) groups is 1. The largest absolute Gasteiger partial charge is 0.461 e. The molecule has 3 aromatic rings. The van der Waals surface area contributed by atoms with Crippen LogP contribution in [0.15, 0.2) is 78.9 Å². The van der Waals surface area contributed by atoms with Gasteiger partial charge in [0.2, 0.25) is 0 Å². The van der Waals surface area contributed by atoms with Crippen molar-refractivity contribution in [3.63, 3.8) is 0 Å². The summed E-state index contributed by atoms with van der Waals surface area (Å²) in [6.07, 6.45) is 2.03. The van der Waals surface area contributed by atoms with Crippen LogP contribution in [-0.2, 0) is 22.5 Å². The molecule has 2 aliphatic rings. The molecular formula is C27H27N3O4. The van der Waals surface area contributed by atoms with E-state index in [9.17, 15) is 14.9 Å². The third-order valence-electron chi connectivity index (χ3n) is 6.63. The second-order valence-corrected chi connectivity index (χ2v) is 8.89. The highest BCUT2D eigenvalue weighted by Crippen LogP contribution is 2.38. The van der Waals surface area contributed by atoms with E-state index >= 15 is 0 Å². The Morgan fingerprint density at radius 3 is 2.47 bits per heavy atom. The number of nitro benzene ring substituents is 1. The molecule has 0 N–H and O–H groups in total. The maximum Gasteiger partial charge on any atom is 0.329 e. The number of carbonyl (C=O) groups excluding carboxylic acids is 1. The number of fused-ring (bicyclic) bond motifs is 1. The Morgan fingerprint density at radius 2 is 1.71 bits per heavy atom. The number of likely N-dealkylation sites (tertiary alicyclic amines) is 1. The predicted octanol–water partition coefficient (Wildman–Crippen LogP) is 4.87. The van der Waals surface area contributed by atoms with Crippen LogP contribution in [-0.4, -0.2) is 41.0 Å². The highest BCUT2D eigenvalue weighted by Gasteiger charge is 2.37. The van der Waals surface area contributed by atoms with Gasteiger partial charge in [-0.1, -0.05) is 48.5 Å². The van der Waals surface area contributed by atoms with Crippen molar-refractivity contribution in [3.8, 4) is 0 Å². The number of non-ortho nitro benzene ring substituents is 1. The first-order valence-electron chi connectivity index (χ1n) is 11.7. The molecule has 0 amide bonds. The first-order chi connectivity index (χ1) is 16.6. The fraction of sp³-hybridized carbons (Fsp3) is 0.296. The maximum atomic E-state index is 13.3. The predicted molar refractivity (Wildman–Crippen MR) is 130 cm³/mol. The summed E-state index contributed by atoms with van der Waals surface area (Å²) >= 11 is 0. The molecule has 2 heterocycles. The van der Waals surface area contributed by atoms with Crippen LogP contribution < -0.4 is 4.90 Å².